The third kappa shape index (κ3) is 3.70. The van der Waals surface area contributed by atoms with Crippen LogP contribution in [-0.2, 0) is 21.4 Å². The number of aromatic nitrogens is 1. The van der Waals surface area contributed by atoms with Gasteiger partial charge >= 0.3 is 0 Å². The van der Waals surface area contributed by atoms with Gasteiger partial charge in [-0.05, 0) is 37.0 Å². The molecule has 1 saturated carbocycles. The molecule has 1 aromatic heterocycles. The van der Waals surface area contributed by atoms with Crippen LogP contribution in [0.3, 0.4) is 0 Å². The van der Waals surface area contributed by atoms with E-state index in [1.54, 1.807) is 18.2 Å². The van der Waals surface area contributed by atoms with E-state index in [-0.39, 0.29) is 17.7 Å². The number of nitrogens with one attached hydrogen (secondary N) is 1. The zero-order valence-corrected chi connectivity index (χ0v) is 19.0. The first kappa shape index (κ1) is 22.2. The second kappa shape index (κ2) is 8.03. The van der Waals surface area contributed by atoms with Gasteiger partial charge in [0.25, 0.3) is 5.56 Å². The number of pyridine rings is 1. The van der Waals surface area contributed by atoms with E-state index >= 15 is 0 Å². The summed E-state index contributed by atoms with van der Waals surface area (Å²) in [5.74, 6) is -1.64. The summed E-state index contributed by atoms with van der Waals surface area (Å²) in [5, 5.41) is 13.0. The highest BCUT2D eigenvalue weighted by Crippen LogP contribution is 2.50. The van der Waals surface area contributed by atoms with Crippen LogP contribution in [0.1, 0.15) is 24.6 Å². The molecule has 2 N–H and O–H groups in total. The Kier molecular flexibility index (Phi) is 5.42. The molecule has 1 saturated heterocycles. The molecule has 10 heteroatoms. The molecule has 0 radical (unpaired) electrons. The normalized spacial score (nSPS) is 26.8. The number of carbonyl (C=O) groups excluding carboxylic acids is 1. The van der Waals surface area contributed by atoms with Crippen molar-refractivity contribution in [1.29, 1.82) is 0 Å². The number of sulfonamides is 1. The molecule has 176 valence electrons. The minimum atomic E-state index is -3.86. The van der Waals surface area contributed by atoms with Crippen LogP contribution in [0.15, 0.2) is 41.2 Å². The van der Waals surface area contributed by atoms with Crippen molar-refractivity contribution < 1.29 is 22.7 Å². The molecule has 0 unspecified atom stereocenters. The number of hydrogen-bond donors (Lipinski definition) is 2. The number of nitrogens with zero attached hydrogens (tertiary/aromatic N) is 2. The maximum absolute atomic E-state index is 14.3. The summed E-state index contributed by atoms with van der Waals surface area (Å²) in [5.41, 5.74) is 0.381. The molecule has 1 aromatic carbocycles. The van der Waals surface area contributed by atoms with Crippen LogP contribution < -0.4 is 10.9 Å². The predicted octanol–water partition coefficient (Wildman–Crippen LogP) is 1.10. The Hall–Kier alpha value is -2.56. The first-order chi connectivity index (χ1) is 15.7. The average Bonchev–Trinajstić information content (AvgIpc) is 3.43. The van der Waals surface area contributed by atoms with Crippen LogP contribution in [0, 0.1) is 23.6 Å². The van der Waals surface area contributed by atoms with E-state index in [9.17, 15) is 27.5 Å². The first-order valence-electron chi connectivity index (χ1n) is 11.1. The van der Waals surface area contributed by atoms with Gasteiger partial charge in [-0.15, -0.1) is 0 Å². The van der Waals surface area contributed by atoms with Crippen molar-refractivity contribution in [2.24, 2.45) is 17.8 Å². The van der Waals surface area contributed by atoms with E-state index in [4.69, 9.17) is 0 Å². The Labute approximate surface area is 191 Å². The third-order valence-corrected chi connectivity index (χ3v) is 8.32. The van der Waals surface area contributed by atoms with Crippen LogP contribution in [0.5, 0.6) is 0 Å². The van der Waals surface area contributed by atoms with Gasteiger partial charge in [-0.1, -0.05) is 18.2 Å². The van der Waals surface area contributed by atoms with Crippen LogP contribution in [0.25, 0.3) is 11.1 Å². The second-order valence-corrected chi connectivity index (χ2v) is 11.1. The van der Waals surface area contributed by atoms with Gasteiger partial charge in [0, 0.05) is 42.8 Å². The van der Waals surface area contributed by atoms with Crippen LogP contribution in [0.4, 0.5) is 4.39 Å². The van der Waals surface area contributed by atoms with Gasteiger partial charge < -0.3 is 15.0 Å². The molecule has 5 rings (SSSR count). The van der Waals surface area contributed by atoms with Crippen molar-refractivity contribution in [2.45, 2.75) is 31.5 Å². The van der Waals surface area contributed by atoms with Gasteiger partial charge in [0.05, 0.1) is 17.9 Å². The summed E-state index contributed by atoms with van der Waals surface area (Å²) in [6.45, 7) is 0.241. The lowest BCUT2D eigenvalue weighted by Gasteiger charge is -2.28. The smallest absolute Gasteiger partial charge is 0.258 e. The Morgan fingerprint density at radius 2 is 1.91 bits per heavy atom. The summed E-state index contributed by atoms with van der Waals surface area (Å²) in [6, 6.07) is 7.31. The standard InChI is InChI=1S/C23H26FN3O5S/c1-33(31,32)27-20-16(17(12-28)21(27)22(29)25-10-13-6-7-13)11-26-19(20)9-8-15(23(26)30)14-4-2-3-5-18(14)24/h2-5,8-9,13,16-17,20-21,28H,6-7,10-12H2,1H3,(H,25,29)/t16-,17-,20+,21-/m1/s1. The number of halogens is 1. The molecule has 8 nitrogen and oxygen atoms in total. The Morgan fingerprint density at radius 1 is 1.18 bits per heavy atom. The van der Waals surface area contributed by atoms with Crippen molar-refractivity contribution in [3.63, 3.8) is 0 Å². The molecule has 4 atom stereocenters. The molecule has 2 fully saturated rings. The van der Waals surface area contributed by atoms with E-state index < -0.39 is 57.8 Å². The van der Waals surface area contributed by atoms with Crippen molar-refractivity contribution in [2.75, 3.05) is 19.4 Å². The highest BCUT2D eigenvalue weighted by Gasteiger charge is 2.58. The average molecular weight is 476 g/mol. The fourth-order valence-electron chi connectivity index (χ4n) is 5.37. The van der Waals surface area contributed by atoms with Gasteiger partial charge in [-0.25, -0.2) is 12.8 Å². The van der Waals surface area contributed by atoms with Crippen LogP contribution in [0.2, 0.25) is 0 Å². The Bertz CT molecular complexity index is 1270. The Morgan fingerprint density at radius 3 is 2.55 bits per heavy atom. The van der Waals surface area contributed by atoms with E-state index in [2.05, 4.69) is 5.32 Å². The maximum Gasteiger partial charge on any atom is 0.258 e. The number of aliphatic hydroxyl groups excluding tert-OH is 1. The van der Waals surface area contributed by atoms with Crippen LogP contribution >= 0.6 is 0 Å². The lowest BCUT2D eigenvalue weighted by Crippen LogP contribution is -2.50. The highest BCUT2D eigenvalue weighted by molar-refractivity contribution is 7.88. The van der Waals surface area contributed by atoms with Crippen molar-refractivity contribution in [1.82, 2.24) is 14.2 Å². The van der Waals surface area contributed by atoms with E-state index in [1.165, 1.54) is 22.8 Å². The third-order valence-electron chi connectivity index (χ3n) is 7.10. The number of hydrogen-bond acceptors (Lipinski definition) is 5. The zero-order valence-electron chi connectivity index (χ0n) is 18.1. The molecule has 1 amide bonds. The van der Waals surface area contributed by atoms with E-state index in [0.717, 1.165) is 23.4 Å². The maximum atomic E-state index is 14.3. The number of carbonyl (C=O) groups is 1. The number of amides is 1. The van der Waals surface area contributed by atoms with Crippen molar-refractivity contribution in [3.05, 3.63) is 58.3 Å². The summed E-state index contributed by atoms with van der Waals surface area (Å²) in [7, 11) is -3.86. The van der Waals surface area contributed by atoms with Gasteiger partial charge in [0.1, 0.15) is 11.9 Å². The van der Waals surface area contributed by atoms with Gasteiger partial charge in [-0.3, -0.25) is 9.59 Å². The lowest BCUT2D eigenvalue weighted by molar-refractivity contribution is -0.126. The molecule has 3 aliphatic rings. The monoisotopic (exact) mass is 475 g/mol. The molecule has 2 aromatic rings. The number of rotatable bonds is 6. The van der Waals surface area contributed by atoms with E-state index in [1.807, 2.05) is 0 Å². The quantitative estimate of drug-likeness (QED) is 0.651. The minimum Gasteiger partial charge on any atom is -0.396 e. The molecular formula is C23H26FN3O5S. The van der Waals surface area contributed by atoms with Gasteiger partial charge in [-0.2, -0.15) is 4.31 Å². The first-order valence-corrected chi connectivity index (χ1v) is 12.9. The number of aliphatic hydroxyl groups is 1. The summed E-state index contributed by atoms with van der Waals surface area (Å²) < 4.78 is 42.7. The zero-order chi connectivity index (χ0) is 23.5. The molecule has 33 heavy (non-hydrogen) atoms. The topological polar surface area (TPSA) is 109 Å². The van der Waals surface area contributed by atoms with Gasteiger partial charge in [0.15, 0.2) is 0 Å². The number of benzene rings is 1. The van der Waals surface area contributed by atoms with Gasteiger partial charge in [0.2, 0.25) is 15.9 Å². The second-order valence-electron chi connectivity index (χ2n) is 9.25. The van der Waals surface area contributed by atoms with Crippen molar-refractivity contribution in [3.8, 4) is 11.1 Å². The highest BCUT2D eigenvalue weighted by atomic mass is 32.2. The lowest BCUT2D eigenvalue weighted by atomic mass is 9.88. The SMILES string of the molecule is CS(=O)(=O)N1[C@@H]2c3ccc(-c4ccccc4F)c(=O)n3C[C@@H]2[C@@H](CO)[C@@H]1C(=O)NCC1CC1. The van der Waals surface area contributed by atoms with Crippen LogP contribution in [-0.4, -0.2) is 53.8 Å². The minimum absolute atomic E-state index is 0.144. The summed E-state index contributed by atoms with van der Waals surface area (Å²) >= 11 is 0. The van der Waals surface area contributed by atoms with Crippen molar-refractivity contribution >= 4 is 15.9 Å². The summed E-state index contributed by atoms with van der Waals surface area (Å²) in [6.07, 6.45) is 3.12. The molecule has 0 spiro atoms. The largest absolute Gasteiger partial charge is 0.396 e. The van der Waals surface area contributed by atoms with E-state index in [0.29, 0.717) is 18.2 Å². The molecule has 0 bridgehead atoms. The summed E-state index contributed by atoms with van der Waals surface area (Å²) in [4.78, 5) is 26.3. The molecule has 2 aliphatic heterocycles. The number of fused-ring (bicyclic) bond motifs is 3. The fourth-order valence-corrected chi connectivity index (χ4v) is 6.71. The predicted molar refractivity (Wildman–Crippen MR) is 119 cm³/mol. The molecular weight excluding hydrogens is 449 g/mol. The Balaban J connectivity index is 1.57. The molecule has 1 aliphatic carbocycles. The fraction of sp³-hybridized carbons (Fsp3) is 0.478. The molecule has 3 heterocycles.